The molecule has 1 aliphatic heterocycles. The van der Waals surface area contributed by atoms with Gasteiger partial charge >= 0.3 is 6.18 Å². The second-order valence-electron chi connectivity index (χ2n) is 8.21. The highest BCUT2D eigenvalue weighted by molar-refractivity contribution is 8.18. The van der Waals surface area contributed by atoms with E-state index in [4.69, 9.17) is 4.74 Å². The first-order valence-electron chi connectivity index (χ1n) is 11.1. The Labute approximate surface area is 215 Å². The maximum Gasteiger partial charge on any atom is 0.416 e. The standard InChI is InChI=1S/C27H21F3N2O4S/c1-17-9-11-18(12-10-17)16-36-22-8-3-2-5-19(22)13-23-25(34)32(26(35)37-23)15-24(33)31-21-7-4-6-20(14-21)27(28,29)30/h2-14H,15-16H2,1H3,(H,31,33)/b23-13-. The zero-order valence-electron chi connectivity index (χ0n) is 19.5. The first-order chi connectivity index (χ1) is 17.6. The maximum absolute atomic E-state index is 12.9. The molecule has 4 rings (SSSR count). The summed E-state index contributed by atoms with van der Waals surface area (Å²) in [6, 6.07) is 19.0. The number of aryl methyl sites for hydroxylation is 1. The number of carbonyl (C=O) groups excluding carboxylic acids is 3. The molecule has 0 atom stereocenters. The molecule has 190 valence electrons. The van der Waals surface area contributed by atoms with Crippen molar-refractivity contribution in [2.45, 2.75) is 19.7 Å². The van der Waals surface area contributed by atoms with Crippen molar-refractivity contribution in [1.29, 1.82) is 0 Å². The lowest BCUT2D eigenvalue weighted by Crippen LogP contribution is -2.36. The third-order valence-corrected chi connectivity index (χ3v) is 6.28. The van der Waals surface area contributed by atoms with Crippen molar-refractivity contribution in [3.8, 4) is 5.75 Å². The number of halogens is 3. The van der Waals surface area contributed by atoms with Crippen LogP contribution < -0.4 is 10.1 Å². The monoisotopic (exact) mass is 526 g/mol. The Morgan fingerprint density at radius 2 is 1.76 bits per heavy atom. The minimum atomic E-state index is -4.57. The smallest absolute Gasteiger partial charge is 0.416 e. The maximum atomic E-state index is 12.9. The number of rotatable bonds is 7. The number of alkyl halides is 3. The predicted molar refractivity (Wildman–Crippen MR) is 135 cm³/mol. The number of amides is 3. The SMILES string of the molecule is Cc1ccc(COc2ccccc2/C=C2\SC(=O)N(CC(=O)Nc3cccc(C(F)(F)F)c3)C2=O)cc1. The van der Waals surface area contributed by atoms with Crippen LogP contribution in [0.2, 0.25) is 0 Å². The van der Waals surface area contributed by atoms with Gasteiger partial charge in [0, 0.05) is 11.3 Å². The van der Waals surface area contributed by atoms with E-state index in [2.05, 4.69) is 5.32 Å². The number of anilines is 1. The fraction of sp³-hybridized carbons (Fsp3) is 0.148. The van der Waals surface area contributed by atoms with Crippen LogP contribution in [0.5, 0.6) is 5.75 Å². The molecule has 1 saturated heterocycles. The summed E-state index contributed by atoms with van der Waals surface area (Å²) in [7, 11) is 0. The number of carbonyl (C=O) groups is 3. The van der Waals surface area contributed by atoms with Crippen LogP contribution >= 0.6 is 11.8 Å². The molecular weight excluding hydrogens is 505 g/mol. The highest BCUT2D eigenvalue weighted by Crippen LogP contribution is 2.34. The van der Waals surface area contributed by atoms with Crippen LogP contribution in [0.3, 0.4) is 0 Å². The lowest BCUT2D eigenvalue weighted by atomic mass is 10.1. The molecule has 0 spiro atoms. The van der Waals surface area contributed by atoms with Crippen molar-refractivity contribution in [1.82, 2.24) is 4.90 Å². The topological polar surface area (TPSA) is 75.7 Å². The average Bonchev–Trinajstić information content (AvgIpc) is 3.11. The van der Waals surface area contributed by atoms with Gasteiger partial charge in [0.1, 0.15) is 18.9 Å². The van der Waals surface area contributed by atoms with Crippen molar-refractivity contribution in [2.75, 3.05) is 11.9 Å². The van der Waals surface area contributed by atoms with Crippen LogP contribution in [0.25, 0.3) is 6.08 Å². The molecule has 3 aromatic carbocycles. The molecule has 0 radical (unpaired) electrons. The lowest BCUT2D eigenvalue weighted by molar-refractivity contribution is -0.137. The number of imide groups is 1. The minimum absolute atomic E-state index is 0.0954. The van der Waals surface area contributed by atoms with Crippen LogP contribution in [-0.4, -0.2) is 28.5 Å². The molecule has 6 nitrogen and oxygen atoms in total. The second kappa shape index (κ2) is 10.9. The molecule has 37 heavy (non-hydrogen) atoms. The molecule has 0 aromatic heterocycles. The summed E-state index contributed by atoms with van der Waals surface area (Å²) in [5.74, 6) is -0.968. The lowest BCUT2D eigenvalue weighted by Gasteiger charge is -2.13. The molecule has 1 fully saturated rings. The van der Waals surface area contributed by atoms with Crippen LogP contribution in [0.1, 0.15) is 22.3 Å². The summed E-state index contributed by atoms with van der Waals surface area (Å²) in [4.78, 5) is 38.6. The summed E-state index contributed by atoms with van der Waals surface area (Å²) in [6.07, 6.45) is -3.06. The zero-order valence-corrected chi connectivity index (χ0v) is 20.4. The van der Waals surface area contributed by atoms with Crippen molar-refractivity contribution >= 4 is 40.6 Å². The predicted octanol–water partition coefficient (Wildman–Crippen LogP) is 6.27. The average molecular weight is 527 g/mol. The Hall–Kier alpha value is -4.05. The molecule has 0 bridgehead atoms. The van der Waals surface area contributed by atoms with Crippen molar-refractivity contribution < 1.29 is 32.3 Å². The Bertz CT molecular complexity index is 1370. The van der Waals surface area contributed by atoms with Gasteiger partial charge in [0.25, 0.3) is 11.1 Å². The normalized spacial score (nSPS) is 14.8. The van der Waals surface area contributed by atoms with E-state index in [1.165, 1.54) is 12.1 Å². The summed E-state index contributed by atoms with van der Waals surface area (Å²) >= 11 is 0.670. The van der Waals surface area contributed by atoms with Gasteiger partial charge in [0.2, 0.25) is 5.91 Å². The first-order valence-corrected chi connectivity index (χ1v) is 11.9. The third kappa shape index (κ3) is 6.59. The highest BCUT2D eigenvalue weighted by Gasteiger charge is 2.36. The first kappa shape index (κ1) is 26.0. The van der Waals surface area contributed by atoms with Gasteiger partial charge in [0.05, 0.1) is 10.5 Å². The van der Waals surface area contributed by atoms with E-state index in [9.17, 15) is 27.6 Å². The molecule has 1 aliphatic rings. The fourth-order valence-corrected chi connectivity index (χ4v) is 4.30. The third-order valence-electron chi connectivity index (χ3n) is 5.37. The Balaban J connectivity index is 1.43. The van der Waals surface area contributed by atoms with Gasteiger partial charge in [-0.15, -0.1) is 0 Å². The number of ether oxygens (including phenoxy) is 1. The van der Waals surface area contributed by atoms with Crippen LogP contribution in [0.15, 0.2) is 77.7 Å². The quantitative estimate of drug-likeness (QED) is 0.368. The summed E-state index contributed by atoms with van der Waals surface area (Å²) in [5.41, 5.74) is 1.65. The van der Waals surface area contributed by atoms with Gasteiger partial charge in [-0.3, -0.25) is 19.3 Å². The van der Waals surface area contributed by atoms with E-state index in [1.54, 1.807) is 24.3 Å². The van der Waals surface area contributed by atoms with Crippen molar-refractivity contribution in [2.24, 2.45) is 0 Å². The van der Waals surface area contributed by atoms with E-state index in [-0.39, 0.29) is 10.6 Å². The number of para-hydroxylation sites is 1. The van der Waals surface area contributed by atoms with E-state index >= 15 is 0 Å². The largest absolute Gasteiger partial charge is 0.488 e. The van der Waals surface area contributed by atoms with Crippen LogP contribution in [0, 0.1) is 6.92 Å². The molecule has 0 aliphatic carbocycles. The summed E-state index contributed by atoms with van der Waals surface area (Å²) in [5, 5.41) is 1.64. The van der Waals surface area contributed by atoms with Gasteiger partial charge in [-0.1, -0.05) is 54.1 Å². The number of hydrogen-bond acceptors (Lipinski definition) is 5. The minimum Gasteiger partial charge on any atom is -0.488 e. The van der Waals surface area contributed by atoms with E-state index in [0.29, 0.717) is 29.7 Å². The highest BCUT2D eigenvalue weighted by atomic mass is 32.2. The number of hydrogen-bond donors (Lipinski definition) is 1. The molecule has 0 saturated carbocycles. The number of benzene rings is 3. The molecular formula is C27H21F3N2O4S. The Morgan fingerprint density at radius 3 is 2.49 bits per heavy atom. The van der Waals surface area contributed by atoms with E-state index < -0.39 is 35.3 Å². The van der Waals surface area contributed by atoms with Crippen LogP contribution in [0.4, 0.5) is 23.7 Å². The van der Waals surface area contributed by atoms with E-state index in [0.717, 1.165) is 34.2 Å². The summed E-state index contributed by atoms with van der Waals surface area (Å²) < 4.78 is 44.6. The van der Waals surface area contributed by atoms with Gasteiger partial charge < -0.3 is 10.1 Å². The molecule has 1 N–H and O–H groups in total. The molecule has 3 aromatic rings. The fourth-order valence-electron chi connectivity index (χ4n) is 3.47. The van der Waals surface area contributed by atoms with Crippen LogP contribution in [-0.2, 0) is 22.4 Å². The molecule has 1 heterocycles. The van der Waals surface area contributed by atoms with E-state index in [1.807, 2.05) is 31.2 Å². The van der Waals surface area contributed by atoms with Crippen molar-refractivity contribution in [3.05, 3.63) is 100.0 Å². The number of nitrogens with zero attached hydrogens (tertiary/aromatic N) is 1. The molecule has 0 unspecified atom stereocenters. The Kier molecular flexibility index (Phi) is 7.68. The van der Waals surface area contributed by atoms with Gasteiger partial charge in [0.15, 0.2) is 0 Å². The van der Waals surface area contributed by atoms with Gasteiger partial charge in [-0.05, 0) is 54.6 Å². The summed E-state index contributed by atoms with van der Waals surface area (Å²) in [6.45, 7) is 1.66. The second-order valence-corrected chi connectivity index (χ2v) is 9.20. The van der Waals surface area contributed by atoms with Crippen molar-refractivity contribution in [3.63, 3.8) is 0 Å². The Morgan fingerprint density at radius 1 is 1.03 bits per heavy atom. The number of nitrogens with one attached hydrogen (secondary N) is 1. The molecule has 3 amide bonds. The zero-order chi connectivity index (χ0) is 26.6. The number of thioether (sulfide) groups is 1. The van der Waals surface area contributed by atoms with Gasteiger partial charge in [-0.2, -0.15) is 13.2 Å². The van der Waals surface area contributed by atoms with Gasteiger partial charge in [-0.25, -0.2) is 0 Å². The molecule has 10 heteroatoms.